The van der Waals surface area contributed by atoms with Crippen LogP contribution in [0.25, 0.3) is 33.1 Å². The molecular weight excluding hydrogens is 512 g/mol. The fourth-order valence-corrected chi connectivity index (χ4v) is 4.89. The predicted octanol–water partition coefficient (Wildman–Crippen LogP) is 3.82. The maximum atomic E-state index is 12.9. The van der Waals surface area contributed by atoms with Crippen LogP contribution in [0.4, 0.5) is 16.6 Å². The zero-order chi connectivity index (χ0) is 26.9. The molecule has 0 saturated carbocycles. The molecule has 5 bridgehead atoms. The zero-order valence-electron chi connectivity index (χ0n) is 21.5. The number of nitrogens with one attached hydrogen (secondary N) is 3. The standard InChI is InChI=1S/C28H26N8O4/c37-28(36-3-5-38-6-4-36)35-27-33-25-24-22(16-32-26(24)34-27)18-1-2-23-19(10-18)11-21(15-30-23)40-8-7-39-20-9-17(13-31-25)12-29-14-20/h1-2,9-12,14-16H,3-8,13H2,(H3,31,32,33,34,35,37). The Balaban J connectivity index is 1.32. The Morgan fingerprint density at radius 2 is 1.80 bits per heavy atom. The number of fused-ring (bicyclic) bond motifs is 5. The van der Waals surface area contributed by atoms with Crippen LogP contribution in [0.2, 0.25) is 0 Å². The fourth-order valence-electron chi connectivity index (χ4n) is 4.89. The smallest absolute Gasteiger partial charge is 0.324 e. The Kier molecular flexibility index (Phi) is 6.21. The third kappa shape index (κ3) is 4.80. The van der Waals surface area contributed by atoms with Crippen molar-refractivity contribution in [1.29, 1.82) is 0 Å². The largest absolute Gasteiger partial charge is 0.488 e. The van der Waals surface area contributed by atoms with Crippen LogP contribution in [0.15, 0.2) is 55.1 Å². The highest BCUT2D eigenvalue weighted by Crippen LogP contribution is 2.35. The molecule has 2 aliphatic heterocycles. The highest BCUT2D eigenvalue weighted by Gasteiger charge is 2.21. The van der Waals surface area contributed by atoms with E-state index < -0.39 is 0 Å². The minimum absolute atomic E-state index is 0.200. The summed E-state index contributed by atoms with van der Waals surface area (Å²) in [5.41, 5.74) is 4.23. The van der Waals surface area contributed by atoms with E-state index in [0.29, 0.717) is 69.0 Å². The van der Waals surface area contributed by atoms with Gasteiger partial charge in [0.05, 0.1) is 36.5 Å². The van der Waals surface area contributed by atoms with E-state index in [1.165, 1.54) is 0 Å². The van der Waals surface area contributed by atoms with Gasteiger partial charge in [-0.05, 0) is 35.4 Å². The van der Waals surface area contributed by atoms with Crippen LogP contribution < -0.4 is 20.1 Å². The van der Waals surface area contributed by atoms with Gasteiger partial charge < -0.3 is 29.4 Å². The maximum absolute atomic E-state index is 12.9. The molecule has 7 rings (SSSR count). The molecule has 0 unspecified atom stereocenters. The van der Waals surface area contributed by atoms with Gasteiger partial charge in [-0.15, -0.1) is 0 Å². The molecule has 12 nitrogen and oxygen atoms in total. The van der Waals surface area contributed by atoms with Gasteiger partial charge in [0, 0.05) is 43.0 Å². The molecule has 1 fully saturated rings. The summed E-state index contributed by atoms with van der Waals surface area (Å²) in [7, 11) is 0. The molecule has 0 radical (unpaired) electrons. The van der Waals surface area contributed by atoms with E-state index in [1.54, 1.807) is 23.5 Å². The highest BCUT2D eigenvalue weighted by molar-refractivity contribution is 6.03. The SMILES string of the molecule is O=C(Nc1nc2c3c(c[nH]c3n1)-c1ccc3ncc(cc3c1)OCCOc1cncc(c1)CN2)N1CCOCC1. The van der Waals surface area contributed by atoms with Crippen LogP contribution in [-0.4, -0.2) is 75.4 Å². The molecule has 4 aromatic heterocycles. The molecular formula is C28H26N8O4. The lowest BCUT2D eigenvalue weighted by atomic mass is 10.0. The Labute approximate surface area is 228 Å². The van der Waals surface area contributed by atoms with Gasteiger partial charge in [0.15, 0.2) is 0 Å². The summed E-state index contributed by atoms with van der Waals surface area (Å²) >= 11 is 0. The van der Waals surface area contributed by atoms with Gasteiger partial charge in [-0.3, -0.25) is 15.3 Å². The van der Waals surface area contributed by atoms with Gasteiger partial charge in [0.25, 0.3) is 0 Å². The second kappa shape index (κ2) is 10.3. The summed E-state index contributed by atoms with van der Waals surface area (Å²) in [4.78, 5) is 36.1. The summed E-state index contributed by atoms with van der Waals surface area (Å²) in [6.07, 6.45) is 7.06. The van der Waals surface area contributed by atoms with E-state index in [-0.39, 0.29) is 12.0 Å². The Morgan fingerprint density at radius 3 is 2.67 bits per heavy atom. The molecule has 1 saturated heterocycles. The van der Waals surface area contributed by atoms with Gasteiger partial charge >= 0.3 is 6.03 Å². The fraction of sp³-hybridized carbons (Fsp3) is 0.250. The molecule has 1 aromatic carbocycles. The maximum Gasteiger partial charge on any atom is 0.324 e. The quantitative estimate of drug-likeness (QED) is 0.291. The second-order valence-corrected chi connectivity index (χ2v) is 9.51. The van der Waals surface area contributed by atoms with Gasteiger partial charge in [-0.1, -0.05) is 6.07 Å². The number of morpholine rings is 1. The number of benzene rings is 1. The first-order valence-electron chi connectivity index (χ1n) is 13.1. The third-order valence-corrected chi connectivity index (χ3v) is 6.87. The molecule has 202 valence electrons. The summed E-state index contributed by atoms with van der Waals surface area (Å²) in [5.74, 6) is 2.07. The number of hydrogen-bond acceptors (Lipinski definition) is 9. The summed E-state index contributed by atoms with van der Waals surface area (Å²) in [5, 5.41) is 8.02. The van der Waals surface area contributed by atoms with Crippen molar-refractivity contribution < 1.29 is 19.0 Å². The van der Waals surface area contributed by atoms with Crippen molar-refractivity contribution in [1.82, 2.24) is 29.8 Å². The number of ether oxygens (including phenoxy) is 3. The summed E-state index contributed by atoms with van der Waals surface area (Å²) in [6.45, 7) is 3.20. The number of carbonyl (C=O) groups is 1. The van der Waals surface area contributed by atoms with E-state index in [9.17, 15) is 4.79 Å². The van der Waals surface area contributed by atoms with Crippen molar-refractivity contribution in [2.24, 2.45) is 0 Å². The van der Waals surface area contributed by atoms with E-state index in [4.69, 9.17) is 19.2 Å². The lowest BCUT2D eigenvalue weighted by Gasteiger charge is -2.26. The van der Waals surface area contributed by atoms with Crippen LogP contribution in [0.3, 0.4) is 0 Å². The number of anilines is 2. The zero-order valence-corrected chi connectivity index (χ0v) is 21.5. The van der Waals surface area contributed by atoms with E-state index >= 15 is 0 Å². The molecule has 12 heteroatoms. The highest BCUT2D eigenvalue weighted by atomic mass is 16.5. The lowest BCUT2D eigenvalue weighted by Crippen LogP contribution is -2.43. The van der Waals surface area contributed by atoms with Crippen LogP contribution in [0.5, 0.6) is 11.5 Å². The van der Waals surface area contributed by atoms with Crippen LogP contribution in [0.1, 0.15) is 5.56 Å². The number of rotatable bonds is 1. The number of aromatic amines is 1. The Hall–Kier alpha value is -4.97. The molecule has 0 atom stereocenters. The van der Waals surface area contributed by atoms with Gasteiger partial charge in [-0.2, -0.15) is 9.97 Å². The predicted molar refractivity (Wildman–Crippen MR) is 149 cm³/mol. The minimum atomic E-state index is -0.264. The second-order valence-electron chi connectivity index (χ2n) is 9.51. The lowest BCUT2D eigenvalue weighted by molar-refractivity contribution is 0.0564. The van der Waals surface area contributed by atoms with Crippen LogP contribution in [-0.2, 0) is 11.3 Å². The molecule has 0 aliphatic carbocycles. The average molecular weight is 539 g/mol. The van der Waals surface area contributed by atoms with E-state index in [1.807, 2.05) is 30.5 Å². The first-order valence-corrected chi connectivity index (χ1v) is 13.1. The first-order chi connectivity index (χ1) is 19.7. The van der Waals surface area contributed by atoms with Crippen molar-refractivity contribution >= 4 is 39.7 Å². The molecule has 6 heterocycles. The van der Waals surface area contributed by atoms with E-state index in [2.05, 4.69) is 36.6 Å². The minimum Gasteiger partial charge on any atom is -0.488 e. The first kappa shape index (κ1) is 24.1. The molecule has 2 aliphatic rings. The number of carbonyl (C=O) groups excluding carboxylic acids is 1. The summed E-state index contributed by atoms with van der Waals surface area (Å²) < 4.78 is 17.1. The molecule has 2 amide bonds. The summed E-state index contributed by atoms with van der Waals surface area (Å²) in [6, 6.07) is 9.69. The Bertz CT molecular complexity index is 1720. The van der Waals surface area contributed by atoms with Crippen LogP contribution >= 0.6 is 0 Å². The van der Waals surface area contributed by atoms with Crippen molar-refractivity contribution in [3.8, 4) is 22.6 Å². The number of aromatic nitrogens is 5. The van der Waals surface area contributed by atoms with Crippen LogP contribution in [0, 0.1) is 0 Å². The van der Waals surface area contributed by atoms with Crippen molar-refractivity contribution in [2.75, 3.05) is 50.2 Å². The van der Waals surface area contributed by atoms with Crippen molar-refractivity contribution in [2.45, 2.75) is 6.54 Å². The van der Waals surface area contributed by atoms with Crippen molar-refractivity contribution in [3.63, 3.8) is 0 Å². The van der Waals surface area contributed by atoms with Crippen molar-refractivity contribution in [3.05, 3.63) is 60.7 Å². The van der Waals surface area contributed by atoms with Gasteiger partial charge in [-0.25, -0.2) is 4.79 Å². The third-order valence-electron chi connectivity index (χ3n) is 6.87. The number of amides is 2. The monoisotopic (exact) mass is 538 g/mol. The molecule has 0 spiro atoms. The van der Waals surface area contributed by atoms with Gasteiger partial charge in [0.2, 0.25) is 5.95 Å². The normalized spacial score (nSPS) is 15.3. The van der Waals surface area contributed by atoms with E-state index in [0.717, 1.165) is 33.0 Å². The topological polar surface area (TPSA) is 139 Å². The number of H-pyrrole nitrogens is 1. The Morgan fingerprint density at radius 1 is 0.950 bits per heavy atom. The molecule has 40 heavy (non-hydrogen) atoms. The number of pyridine rings is 2. The molecule has 5 aromatic rings. The average Bonchev–Trinajstić information content (AvgIpc) is 3.42. The number of nitrogens with zero attached hydrogens (tertiary/aromatic N) is 5. The molecule has 3 N–H and O–H groups in total. The van der Waals surface area contributed by atoms with Gasteiger partial charge in [0.1, 0.15) is 36.2 Å². The number of urea groups is 1. The number of hydrogen-bond donors (Lipinski definition) is 3.